The molecule has 0 bridgehead atoms. The summed E-state index contributed by atoms with van der Waals surface area (Å²) in [5.41, 5.74) is 0.998. The van der Waals surface area contributed by atoms with E-state index in [9.17, 15) is 4.79 Å². The highest BCUT2D eigenvalue weighted by atomic mass is 16.8. The summed E-state index contributed by atoms with van der Waals surface area (Å²) in [6.07, 6.45) is 50.2. The number of rotatable bonds is 32. The molecule has 0 radical (unpaired) electrons. The minimum absolute atomic E-state index is 0.0662. The summed E-state index contributed by atoms with van der Waals surface area (Å²) in [5, 5.41) is 0. The Kier molecular flexibility index (Phi) is 25.9. The van der Waals surface area contributed by atoms with E-state index in [2.05, 4.69) is 62.5 Å². The van der Waals surface area contributed by atoms with Crippen molar-refractivity contribution < 1.29 is 19.0 Å². The average Bonchev–Trinajstić information content (AvgIpc) is 3.74. The van der Waals surface area contributed by atoms with Crippen LogP contribution in [0.1, 0.15) is 186 Å². The zero-order chi connectivity index (χ0) is 38.2. The van der Waals surface area contributed by atoms with Gasteiger partial charge in [0, 0.05) is 12.8 Å². The van der Waals surface area contributed by atoms with Gasteiger partial charge in [-0.15, -0.1) is 0 Å². The number of unbranched alkanes of at least 4 members (excludes halogenated alkanes) is 18. The highest BCUT2D eigenvalue weighted by Crippen LogP contribution is 2.40. The summed E-state index contributed by atoms with van der Waals surface area (Å²) in [7, 11) is 0. The van der Waals surface area contributed by atoms with E-state index in [4.69, 9.17) is 14.2 Å². The second-order valence-corrected chi connectivity index (χ2v) is 15.8. The highest BCUT2D eigenvalue weighted by molar-refractivity contribution is 5.68. The molecule has 0 aliphatic carbocycles. The number of allylic oxidation sites excluding steroid dienone is 8. The third-order valence-electron chi connectivity index (χ3n) is 10.9. The van der Waals surface area contributed by atoms with Gasteiger partial charge in [-0.1, -0.05) is 170 Å². The SMILES string of the molecule is CCCCC/C=C\C/C=C\CCCCCCCCC1(CCCCCCCC/C=C\C/C=C\CCCCC)O[C@H]2CN(C(=O)OCc3ccccc3)C[C@H]2O1. The van der Waals surface area contributed by atoms with Gasteiger partial charge in [0.25, 0.3) is 0 Å². The van der Waals surface area contributed by atoms with E-state index >= 15 is 0 Å². The summed E-state index contributed by atoms with van der Waals surface area (Å²) < 4.78 is 19.2. The Hall–Kier alpha value is -2.63. The Morgan fingerprint density at radius 3 is 1.44 bits per heavy atom. The molecule has 1 amide bonds. The minimum Gasteiger partial charge on any atom is -0.445 e. The van der Waals surface area contributed by atoms with Crippen molar-refractivity contribution in [3.63, 3.8) is 0 Å². The molecule has 3 rings (SSSR count). The van der Waals surface area contributed by atoms with Crippen LogP contribution < -0.4 is 0 Å². The van der Waals surface area contributed by atoms with Crippen molar-refractivity contribution >= 4 is 6.09 Å². The first-order valence-electron chi connectivity index (χ1n) is 22.6. The summed E-state index contributed by atoms with van der Waals surface area (Å²) in [4.78, 5) is 14.6. The molecule has 5 nitrogen and oxygen atoms in total. The lowest BCUT2D eigenvalue weighted by atomic mass is 9.98. The van der Waals surface area contributed by atoms with Crippen molar-refractivity contribution in [2.45, 2.75) is 205 Å². The van der Waals surface area contributed by atoms with Gasteiger partial charge in [-0.05, 0) is 82.6 Å². The molecule has 0 spiro atoms. The Morgan fingerprint density at radius 2 is 1.00 bits per heavy atom. The predicted molar refractivity (Wildman–Crippen MR) is 229 cm³/mol. The lowest BCUT2D eigenvalue weighted by molar-refractivity contribution is -0.193. The first kappa shape index (κ1) is 45.8. The third-order valence-corrected chi connectivity index (χ3v) is 10.9. The summed E-state index contributed by atoms with van der Waals surface area (Å²) in [6.45, 7) is 5.91. The van der Waals surface area contributed by atoms with Gasteiger partial charge in [0.05, 0.1) is 13.1 Å². The zero-order valence-electron chi connectivity index (χ0n) is 34.7. The van der Waals surface area contributed by atoms with Crippen LogP contribution in [0.25, 0.3) is 0 Å². The van der Waals surface area contributed by atoms with Crippen molar-refractivity contribution in [3.8, 4) is 0 Å². The average molecular weight is 746 g/mol. The van der Waals surface area contributed by atoms with Gasteiger partial charge >= 0.3 is 6.09 Å². The van der Waals surface area contributed by atoms with Crippen molar-refractivity contribution in [1.29, 1.82) is 0 Å². The molecule has 0 unspecified atom stereocenters. The van der Waals surface area contributed by atoms with Crippen molar-refractivity contribution in [3.05, 3.63) is 84.5 Å². The lowest BCUT2D eigenvalue weighted by Crippen LogP contribution is -2.37. The lowest BCUT2D eigenvalue weighted by Gasteiger charge is -2.30. The first-order chi connectivity index (χ1) is 26.7. The molecular formula is C49H79NO4. The molecule has 1 aromatic rings. The van der Waals surface area contributed by atoms with Crippen LogP contribution >= 0.6 is 0 Å². The molecule has 1 aromatic carbocycles. The molecule has 304 valence electrons. The maximum absolute atomic E-state index is 12.9. The van der Waals surface area contributed by atoms with Crippen LogP contribution in [0.2, 0.25) is 0 Å². The Bertz CT molecular complexity index is 1110. The van der Waals surface area contributed by atoms with E-state index in [0.717, 1.165) is 44.1 Å². The number of hydrogen-bond acceptors (Lipinski definition) is 4. The molecule has 0 aromatic heterocycles. The number of amides is 1. The molecule has 2 fully saturated rings. The molecule has 0 N–H and O–H groups in total. The van der Waals surface area contributed by atoms with Crippen LogP contribution in [-0.4, -0.2) is 42.1 Å². The number of hydrogen-bond donors (Lipinski definition) is 0. The van der Waals surface area contributed by atoms with Gasteiger partial charge in [-0.25, -0.2) is 4.79 Å². The van der Waals surface area contributed by atoms with Crippen LogP contribution in [0.15, 0.2) is 78.9 Å². The van der Waals surface area contributed by atoms with Crippen molar-refractivity contribution in [2.75, 3.05) is 13.1 Å². The normalized spacial score (nSPS) is 18.3. The van der Waals surface area contributed by atoms with Crippen LogP contribution in [0.5, 0.6) is 0 Å². The Morgan fingerprint density at radius 1 is 0.593 bits per heavy atom. The van der Waals surface area contributed by atoms with E-state index in [1.807, 2.05) is 30.3 Å². The second kappa shape index (κ2) is 30.6. The quantitative estimate of drug-likeness (QED) is 0.0544. The van der Waals surface area contributed by atoms with Crippen LogP contribution in [0, 0.1) is 0 Å². The van der Waals surface area contributed by atoms with Crippen molar-refractivity contribution in [1.82, 2.24) is 4.90 Å². The molecule has 5 heteroatoms. The van der Waals surface area contributed by atoms with Gasteiger partial charge in [0.1, 0.15) is 18.8 Å². The van der Waals surface area contributed by atoms with Gasteiger partial charge in [0.2, 0.25) is 0 Å². The van der Waals surface area contributed by atoms with E-state index in [1.165, 1.54) is 128 Å². The summed E-state index contributed by atoms with van der Waals surface area (Å²) >= 11 is 0. The zero-order valence-corrected chi connectivity index (χ0v) is 34.7. The maximum Gasteiger partial charge on any atom is 0.410 e. The van der Waals surface area contributed by atoms with E-state index in [1.54, 1.807) is 4.90 Å². The molecule has 2 aliphatic heterocycles. The number of carbonyl (C=O) groups excluding carboxylic acids is 1. The standard InChI is InChI=1S/C49H79NO4/c1-3-5-7-9-11-13-15-17-19-21-23-25-27-29-31-36-40-49(41-37-32-30-28-26-24-22-20-18-16-14-12-10-8-6-4-2)53-46-42-50(43-47(46)54-49)48(51)52-44-45-38-34-33-35-39-45/h11-14,17-20,33-35,38-39,46-47H,3-10,15-16,21-32,36-37,40-44H2,1-2H3/b13-11-,14-12-,19-17-,20-18-/t46-,47+. The van der Waals surface area contributed by atoms with Gasteiger partial charge in [-0.3, -0.25) is 0 Å². The number of nitrogens with zero attached hydrogens (tertiary/aromatic N) is 1. The monoisotopic (exact) mass is 746 g/mol. The highest BCUT2D eigenvalue weighted by Gasteiger charge is 2.51. The predicted octanol–water partition coefficient (Wildman–Crippen LogP) is 14.5. The van der Waals surface area contributed by atoms with Gasteiger partial charge in [0.15, 0.2) is 5.79 Å². The number of fused-ring (bicyclic) bond motifs is 1. The first-order valence-corrected chi connectivity index (χ1v) is 22.6. The summed E-state index contributed by atoms with van der Waals surface area (Å²) in [6, 6.07) is 9.87. The molecule has 2 heterocycles. The summed E-state index contributed by atoms with van der Waals surface area (Å²) in [5.74, 6) is -0.500. The smallest absolute Gasteiger partial charge is 0.410 e. The fourth-order valence-electron chi connectivity index (χ4n) is 7.64. The van der Waals surface area contributed by atoms with Crippen molar-refractivity contribution in [2.24, 2.45) is 0 Å². The fraction of sp³-hybridized carbons (Fsp3) is 0.694. The molecule has 2 saturated heterocycles. The molecule has 54 heavy (non-hydrogen) atoms. The van der Waals surface area contributed by atoms with E-state index < -0.39 is 5.79 Å². The Balaban J connectivity index is 1.31. The molecule has 0 saturated carbocycles. The third kappa shape index (κ3) is 20.9. The van der Waals surface area contributed by atoms with Gasteiger partial charge in [-0.2, -0.15) is 0 Å². The largest absolute Gasteiger partial charge is 0.445 e. The number of likely N-dealkylation sites (tertiary alicyclic amines) is 1. The Labute approximate surface area is 332 Å². The van der Waals surface area contributed by atoms with Crippen LogP contribution in [0.4, 0.5) is 4.79 Å². The van der Waals surface area contributed by atoms with E-state index in [-0.39, 0.29) is 24.9 Å². The minimum atomic E-state index is -0.500. The fourth-order valence-corrected chi connectivity index (χ4v) is 7.64. The maximum atomic E-state index is 12.9. The number of carbonyl (C=O) groups is 1. The molecule has 2 aliphatic rings. The van der Waals surface area contributed by atoms with E-state index in [0.29, 0.717) is 13.1 Å². The van der Waals surface area contributed by atoms with Crippen LogP contribution in [0.3, 0.4) is 0 Å². The molecule has 2 atom stereocenters. The van der Waals surface area contributed by atoms with Crippen LogP contribution in [-0.2, 0) is 20.8 Å². The number of ether oxygens (including phenoxy) is 3. The topological polar surface area (TPSA) is 48.0 Å². The molecular weight excluding hydrogens is 667 g/mol. The number of benzene rings is 1. The van der Waals surface area contributed by atoms with Gasteiger partial charge < -0.3 is 19.1 Å². The second-order valence-electron chi connectivity index (χ2n) is 15.8.